The van der Waals surface area contributed by atoms with Crippen molar-refractivity contribution in [1.29, 1.82) is 0 Å². The lowest BCUT2D eigenvalue weighted by molar-refractivity contribution is -0.385. The summed E-state index contributed by atoms with van der Waals surface area (Å²) in [5, 5.41) is 11.3. The third-order valence-electron chi connectivity index (χ3n) is 4.78. The molecule has 9 nitrogen and oxygen atoms in total. The lowest BCUT2D eigenvalue weighted by Crippen LogP contribution is -2.49. The van der Waals surface area contributed by atoms with Crippen LogP contribution in [-0.2, 0) is 9.53 Å². The van der Waals surface area contributed by atoms with Crippen LogP contribution in [0, 0.1) is 21.8 Å². The number of ketones is 1. The van der Waals surface area contributed by atoms with Crippen molar-refractivity contribution in [3.05, 3.63) is 75.1 Å². The minimum Gasteiger partial charge on any atom is -0.456 e. The Kier molecular flexibility index (Phi) is 5.91. The van der Waals surface area contributed by atoms with E-state index < -0.39 is 64.1 Å². The van der Waals surface area contributed by atoms with Gasteiger partial charge in [0.15, 0.2) is 12.4 Å². The second-order valence-corrected chi connectivity index (χ2v) is 7.16. The Morgan fingerprint density at radius 1 is 1.10 bits per heavy atom. The molecule has 2 aromatic rings. The summed E-state index contributed by atoms with van der Waals surface area (Å²) in [4.78, 5) is 61.7. The van der Waals surface area contributed by atoms with Crippen LogP contribution in [0.25, 0.3) is 0 Å². The third kappa shape index (κ3) is 4.04. The Morgan fingerprint density at radius 3 is 2.32 bits per heavy atom. The third-order valence-corrected chi connectivity index (χ3v) is 4.78. The minimum atomic E-state index is -1.40. The summed E-state index contributed by atoms with van der Waals surface area (Å²) in [6, 6.07) is 6.86. The van der Waals surface area contributed by atoms with E-state index in [4.69, 9.17) is 4.74 Å². The second kappa shape index (κ2) is 8.42. The molecule has 0 saturated heterocycles. The molecule has 0 fully saturated rings. The number of amides is 2. The molecule has 2 amide bonds. The van der Waals surface area contributed by atoms with E-state index in [0.29, 0.717) is 4.90 Å². The average molecular weight is 428 g/mol. The first-order valence-electron chi connectivity index (χ1n) is 9.24. The fourth-order valence-electron chi connectivity index (χ4n) is 3.31. The first-order chi connectivity index (χ1) is 14.6. The molecule has 1 heterocycles. The molecule has 2 aromatic carbocycles. The number of imide groups is 1. The Labute approximate surface area is 175 Å². The van der Waals surface area contributed by atoms with Gasteiger partial charge in [0.05, 0.1) is 10.5 Å². The second-order valence-electron chi connectivity index (χ2n) is 7.16. The van der Waals surface area contributed by atoms with Crippen molar-refractivity contribution in [2.45, 2.75) is 19.9 Å². The first kappa shape index (κ1) is 21.8. The highest BCUT2D eigenvalue weighted by molar-refractivity contribution is 6.24. The summed E-state index contributed by atoms with van der Waals surface area (Å²) < 4.78 is 18.0. The number of nitrogens with zero attached hydrogens (tertiary/aromatic N) is 2. The van der Waals surface area contributed by atoms with Crippen LogP contribution in [0.5, 0.6) is 0 Å². The van der Waals surface area contributed by atoms with Crippen LogP contribution in [0.1, 0.15) is 44.9 Å². The summed E-state index contributed by atoms with van der Waals surface area (Å²) in [5.74, 6) is -4.59. The molecule has 10 heteroatoms. The monoisotopic (exact) mass is 428 g/mol. The summed E-state index contributed by atoms with van der Waals surface area (Å²) in [7, 11) is 0. The number of hydrogen-bond donors (Lipinski definition) is 0. The molecule has 31 heavy (non-hydrogen) atoms. The molecule has 1 aliphatic rings. The van der Waals surface area contributed by atoms with Gasteiger partial charge >= 0.3 is 5.97 Å². The summed E-state index contributed by atoms with van der Waals surface area (Å²) >= 11 is 0. The van der Waals surface area contributed by atoms with E-state index in [0.717, 1.165) is 18.2 Å². The smallest absolute Gasteiger partial charge is 0.330 e. The maximum Gasteiger partial charge on any atom is 0.330 e. The quantitative estimate of drug-likeness (QED) is 0.218. The Balaban J connectivity index is 1.82. The molecule has 0 saturated carbocycles. The number of halogens is 1. The maximum atomic E-state index is 13.0. The molecular formula is C21H17FN2O7. The highest BCUT2D eigenvalue weighted by Gasteiger charge is 2.47. The molecule has 0 aromatic heterocycles. The van der Waals surface area contributed by atoms with Crippen molar-refractivity contribution in [3.8, 4) is 0 Å². The molecule has 1 aliphatic heterocycles. The molecule has 0 aliphatic carbocycles. The van der Waals surface area contributed by atoms with E-state index >= 15 is 0 Å². The Bertz CT molecular complexity index is 1100. The molecular weight excluding hydrogens is 411 g/mol. The number of hydrogen-bond acceptors (Lipinski definition) is 7. The number of Topliss-reactive ketones (excluding diaryl/α,β-unsaturated/α-hetero) is 1. The maximum absolute atomic E-state index is 13.0. The normalized spacial score (nSPS) is 13.9. The van der Waals surface area contributed by atoms with Crippen LogP contribution in [0.2, 0.25) is 0 Å². The van der Waals surface area contributed by atoms with Crippen molar-refractivity contribution >= 4 is 29.3 Å². The van der Waals surface area contributed by atoms with Crippen LogP contribution in [0.3, 0.4) is 0 Å². The molecule has 0 bridgehead atoms. The number of fused-ring (bicyclic) bond motifs is 1. The standard InChI is InChI=1S/C21H17FN2O7/c1-11(2)18(21(28)31-10-16(25)12-6-8-13(22)9-7-12)23-19(26)14-4-3-5-15(24(29)30)17(14)20(23)27/h3-9,11,18H,10H2,1-2H3/t18-/m0/s1. The highest BCUT2D eigenvalue weighted by Crippen LogP contribution is 2.33. The lowest BCUT2D eigenvalue weighted by Gasteiger charge is -2.27. The van der Waals surface area contributed by atoms with Crippen molar-refractivity contribution in [2.24, 2.45) is 5.92 Å². The van der Waals surface area contributed by atoms with Gasteiger partial charge < -0.3 is 4.74 Å². The van der Waals surface area contributed by atoms with Gasteiger partial charge in [0.25, 0.3) is 17.5 Å². The van der Waals surface area contributed by atoms with Gasteiger partial charge in [-0.25, -0.2) is 9.18 Å². The van der Waals surface area contributed by atoms with Crippen LogP contribution in [0.4, 0.5) is 10.1 Å². The zero-order valence-corrected chi connectivity index (χ0v) is 16.5. The predicted molar refractivity (Wildman–Crippen MR) is 104 cm³/mol. The van der Waals surface area contributed by atoms with Gasteiger partial charge in [0.1, 0.15) is 17.4 Å². The van der Waals surface area contributed by atoms with Crippen molar-refractivity contribution < 1.29 is 33.2 Å². The number of carbonyl (C=O) groups is 4. The van der Waals surface area contributed by atoms with Crippen molar-refractivity contribution in [3.63, 3.8) is 0 Å². The average Bonchev–Trinajstić information content (AvgIpc) is 2.97. The summed E-state index contributed by atoms with van der Waals surface area (Å²) in [6.45, 7) is 2.44. The number of esters is 1. The topological polar surface area (TPSA) is 124 Å². The molecule has 3 rings (SSSR count). The molecule has 0 spiro atoms. The summed E-state index contributed by atoms with van der Waals surface area (Å²) in [5.41, 5.74) is -0.995. The molecule has 0 unspecified atom stereocenters. The number of nitro groups is 1. The van der Waals surface area contributed by atoms with E-state index in [2.05, 4.69) is 0 Å². The summed E-state index contributed by atoms with van der Waals surface area (Å²) in [6.07, 6.45) is 0. The van der Waals surface area contributed by atoms with Crippen LogP contribution >= 0.6 is 0 Å². The van der Waals surface area contributed by atoms with E-state index in [1.807, 2.05) is 0 Å². The zero-order chi connectivity index (χ0) is 22.9. The van der Waals surface area contributed by atoms with Crippen LogP contribution in [0.15, 0.2) is 42.5 Å². The molecule has 0 radical (unpaired) electrons. The fourth-order valence-corrected chi connectivity index (χ4v) is 3.31. The SMILES string of the molecule is CC(C)[C@@H](C(=O)OCC(=O)c1ccc(F)cc1)N1C(=O)c2cccc([N+](=O)[O-])c2C1=O. The zero-order valence-electron chi connectivity index (χ0n) is 16.5. The highest BCUT2D eigenvalue weighted by atomic mass is 19.1. The predicted octanol–water partition coefficient (Wildman–Crippen LogP) is 2.78. The minimum absolute atomic E-state index is 0.117. The van der Waals surface area contributed by atoms with E-state index in [9.17, 15) is 33.7 Å². The van der Waals surface area contributed by atoms with Crippen molar-refractivity contribution in [2.75, 3.05) is 6.61 Å². The Morgan fingerprint density at radius 2 is 1.74 bits per heavy atom. The number of nitro benzene ring substituents is 1. The van der Waals surface area contributed by atoms with Gasteiger partial charge in [0.2, 0.25) is 0 Å². The number of rotatable bonds is 7. The van der Waals surface area contributed by atoms with Crippen LogP contribution < -0.4 is 0 Å². The van der Waals surface area contributed by atoms with Crippen LogP contribution in [-0.4, -0.2) is 46.0 Å². The van der Waals surface area contributed by atoms with Gasteiger partial charge in [-0.3, -0.25) is 29.4 Å². The number of benzene rings is 2. The molecule has 1 atom stereocenters. The van der Waals surface area contributed by atoms with Gasteiger partial charge in [-0.05, 0) is 36.2 Å². The van der Waals surface area contributed by atoms with Gasteiger partial charge in [-0.1, -0.05) is 19.9 Å². The lowest BCUT2D eigenvalue weighted by atomic mass is 10.0. The molecule has 160 valence electrons. The first-order valence-corrected chi connectivity index (χ1v) is 9.24. The van der Waals surface area contributed by atoms with Crippen molar-refractivity contribution in [1.82, 2.24) is 4.90 Å². The number of ether oxygens (including phenoxy) is 1. The Hall–Kier alpha value is -3.95. The fraction of sp³-hybridized carbons (Fsp3) is 0.238. The van der Waals surface area contributed by atoms with E-state index in [-0.39, 0.29) is 11.1 Å². The van der Waals surface area contributed by atoms with E-state index in [1.165, 1.54) is 24.3 Å². The van der Waals surface area contributed by atoms with Gasteiger partial charge in [-0.2, -0.15) is 0 Å². The molecule has 0 N–H and O–H groups in total. The van der Waals surface area contributed by atoms with Gasteiger partial charge in [0, 0.05) is 11.6 Å². The largest absolute Gasteiger partial charge is 0.456 e. The van der Waals surface area contributed by atoms with E-state index in [1.54, 1.807) is 13.8 Å². The number of carbonyl (C=O) groups excluding carboxylic acids is 4. The van der Waals surface area contributed by atoms with Gasteiger partial charge in [-0.15, -0.1) is 0 Å².